The van der Waals surface area contributed by atoms with E-state index in [1.807, 2.05) is 0 Å². The van der Waals surface area contributed by atoms with E-state index in [4.69, 9.17) is 4.74 Å². The number of hydrogen-bond donors (Lipinski definition) is 1. The minimum atomic E-state index is 0.641. The average molecular weight is 269 g/mol. The van der Waals surface area contributed by atoms with Gasteiger partial charge in [-0.2, -0.15) is 0 Å². The maximum atomic E-state index is 5.65. The molecule has 0 saturated carbocycles. The van der Waals surface area contributed by atoms with Crippen molar-refractivity contribution in [2.75, 3.05) is 59.5 Å². The molecule has 112 valence electrons. The molecule has 0 bridgehead atoms. The van der Waals surface area contributed by atoms with Crippen molar-refractivity contribution in [3.05, 3.63) is 0 Å². The smallest absolute Gasteiger partial charge is 0.0521 e. The summed E-state index contributed by atoms with van der Waals surface area (Å²) in [6, 6.07) is 0.641. The van der Waals surface area contributed by atoms with Gasteiger partial charge in [-0.1, -0.05) is 13.8 Å². The van der Waals surface area contributed by atoms with Gasteiger partial charge in [0.05, 0.1) is 6.61 Å². The SMILES string of the molecule is CNC1CCOCC1CN1CCN(CC(C)C)CC1. The van der Waals surface area contributed by atoms with E-state index in [0.29, 0.717) is 12.0 Å². The quantitative estimate of drug-likeness (QED) is 0.802. The highest BCUT2D eigenvalue weighted by Crippen LogP contribution is 2.17. The van der Waals surface area contributed by atoms with Crippen LogP contribution in [0.1, 0.15) is 20.3 Å². The van der Waals surface area contributed by atoms with Crippen LogP contribution in [0.4, 0.5) is 0 Å². The predicted molar refractivity (Wildman–Crippen MR) is 79.5 cm³/mol. The number of nitrogens with one attached hydrogen (secondary N) is 1. The molecule has 19 heavy (non-hydrogen) atoms. The number of piperazine rings is 1. The first kappa shape index (κ1) is 15.2. The van der Waals surface area contributed by atoms with Gasteiger partial charge in [0.2, 0.25) is 0 Å². The highest BCUT2D eigenvalue weighted by molar-refractivity contribution is 4.83. The lowest BCUT2D eigenvalue weighted by Gasteiger charge is -2.39. The number of hydrogen-bond acceptors (Lipinski definition) is 4. The fraction of sp³-hybridized carbons (Fsp3) is 1.00. The van der Waals surface area contributed by atoms with Crippen LogP contribution >= 0.6 is 0 Å². The fourth-order valence-corrected chi connectivity index (χ4v) is 3.36. The standard InChI is InChI=1S/C15H31N3O/c1-13(2)10-17-5-7-18(8-6-17)11-14-12-19-9-4-15(14)16-3/h13-16H,4-12H2,1-3H3. The molecule has 2 fully saturated rings. The Bertz CT molecular complexity index is 252. The van der Waals surface area contributed by atoms with E-state index >= 15 is 0 Å². The van der Waals surface area contributed by atoms with E-state index in [1.54, 1.807) is 0 Å². The van der Waals surface area contributed by atoms with Crippen LogP contribution < -0.4 is 5.32 Å². The van der Waals surface area contributed by atoms with Crippen molar-refractivity contribution in [3.8, 4) is 0 Å². The van der Waals surface area contributed by atoms with Gasteiger partial charge in [-0.05, 0) is 19.4 Å². The summed E-state index contributed by atoms with van der Waals surface area (Å²) in [5, 5.41) is 3.46. The molecule has 0 spiro atoms. The second kappa shape index (κ2) is 7.58. The maximum Gasteiger partial charge on any atom is 0.0521 e. The third kappa shape index (κ3) is 4.71. The number of ether oxygens (including phenoxy) is 1. The molecule has 0 aliphatic carbocycles. The van der Waals surface area contributed by atoms with E-state index in [2.05, 4.69) is 36.0 Å². The molecule has 0 radical (unpaired) electrons. The Labute approximate surface area is 118 Å². The summed E-state index contributed by atoms with van der Waals surface area (Å²) in [5.41, 5.74) is 0. The van der Waals surface area contributed by atoms with E-state index in [1.165, 1.54) is 39.3 Å². The van der Waals surface area contributed by atoms with Crippen LogP contribution in [0.2, 0.25) is 0 Å². The molecule has 2 aliphatic heterocycles. The Kier molecular flexibility index (Phi) is 6.07. The van der Waals surface area contributed by atoms with Gasteiger partial charge >= 0.3 is 0 Å². The molecule has 2 atom stereocenters. The zero-order chi connectivity index (χ0) is 13.7. The monoisotopic (exact) mass is 269 g/mol. The average Bonchev–Trinajstić information content (AvgIpc) is 2.41. The molecule has 0 amide bonds. The summed E-state index contributed by atoms with van der Waals surface area (Å²) in [6.45, 7) is 13.8. The summed E-state index contributed by atoms with van der Waals surface area (Å²) in [4.78, 5) is 5.23. The van der Waals surface area contributed by atoms with Gasteiger partial charge in [0.25, 0.3) is 0 Å². The Morgan fingerprint density at radius 3 is 2.47 bits per heavy atom. The highest BCUT2D eigenvalue weighted by Gasteiger charge is 2.27. The molecule has 2 saturated heterocycles. The molecule has 0 aromatic heterocycles. The molecule has 2 aliphatic rings. The van der Waals surface area contributed by atoms with Gasteiger partial charge in [-0.25, -0.2) is 0 Å². The van der Waals surface area contributed by atoms with Crippen molar-refractivity contribution in [3.63, 3.8) is 0 Å². The van der Waals surface area contributed by atoms with Crippen LogP contribution in [0.25, 0.3) is 0 Å². The molecule has 0 aromatic rings. The predicted octanol–water partition coefficient (Wildman–Crippen LogP) is 0.885. The first-order chi connectivity index (χ1) is 9.19. The van der Waals surface area contributed by atoms with E-state index in [0.717, 1.165) is 25.6 Å². The highest BCUT2D eigenvalue weighted by atomic mass is 16.5. The summed E-state index contributed by atoms with van der Waals surface area (Å²) < 4.78 is 5.65. The van der Waals surface area contributed by atoms with Crippen LogP contribution in [0, 0.1) is 11.8 Å². The van der Waals surface area contributed by atoms with Crippen molar-refractivity contribution in [2.45, 2.75) is 26.3 Å². The summed E-state index contributed by atoms with van der Waals surface area (Å²) in [7, 11) is 2.09. The van der Waals surface area contributed by atoms with Crippen molar-refractivity contribution in [1.29, 1.82) is 0 Å². The van der Waals surface area contributed by atoms with Crippen LogP contribution in [0.5, 0.6) is 0 Å². The Morgan fingerprint density at radius 1 is 1.16 bits per heavy atom. The molecule has 2 unspecified atom stereocenters. The lowest BCUT2D eigenvalue weighted by atomic mass is 9.95. The van der Waals surface area contributed by atoms with E-state index in [9.17, 15) is 0 Å². The van der Waals surface area contributed by atoms with Gasteiger partial charge in [0, 0.05) is 57.8 Å². The second-order valence-corrected chi connectivity index (χ2v) is 6.51. The van der Waals surface area contributed by atoms with Crippen LogP contribution in [0.3, 0.4) is 0 Å². The van der Waals surface area contributed by atoms with Crippen molar-refractivity contribution < 1.29 is 4.74 Å². The third-order valence-electron chi connectivity index (χ3n) is 4.43. The van der Waals surface area contributed by atoms with Gasteiger partial charge in [0.1, 0.15) is 0 Å². The minimum Gasteiger partial charge on any atom is -0.381 e. The van der Waals surface area contributed by atoms with Gasteiger partial charge in [0.15, 0.2) is 0 Å². The topological polar surface area (TPSA) is 27.7 Å². The van der Waals surface area contributed by atoms with Crippen molar-refractivity contribution in [1.82, 2.24) is 15.1 Å². The van der Waals surface area contributed by atoms with Crippen molar-refractivity contribution in [2.24, 2.45) is 11.8 Å². The Hall–Kier alpha value is -0.160. The molecule has 4 heteroatoms. The van der Waals surface area contributed by atoms with Gasteiger partial charge in [-0.3, -0.25) is 0 Å². The fourth-order valence-electron chi connectivity index (χ4n) is 3.36. The van der Waals surface area contributed by atoms with E-state index < -0.39 is 0 Å². The van der Waals surface area contributed by atoms with Crippen LogP contribution in [-0.4, -0.2) is 75.4 Å². The molecule has 4 nitrogen and oxygen atoms in total. The van der Waals surface area contributed by atoms with E-state index in [-0.39, 0.29) is 0 Å². The summed E-state index contributed by atoms with van der Waals surface area (Å²) in [6.07, 6.45) is 1.16. The van der Waals surface area contributed by atoms with Crippen LogP contribution in [-0.2, 0) is 4.74 Å². The first-order valence-electron chi connectivity index (χ1n) is 7.88. The maximum absolute atomic E-state index is 5.65. The van der Waals surface area contributed by atoms with Gasteiger partial charge in [-0.15, -0.1) is 0 Å². The van der Waals surface area contributed by atoms with Crippen LogP contribution in [0.15, 0.2) is 0 Å². The second-order valence-electron chi connectivity index (χ2n) is 6.51. The molecular weight excluding hydrogens is 238 g/mol. The lowest BCUT2D eigenvalue weighted by Crippen LogP contribution is -2.52. The molecule has 1 N–H and O–H groups in total. The first-order valence-corrected chi connectivity index (χ1v) is 7.88. The minimum absolute atomic E-state index is 0.641. The molecule has 2 rings (SSSR count). The molecule has 0 aromatic carbocycles. The van der Waals surface area contributed by atoms with Gasteiger partial charge < -0.3 is 19.9 Å². The summed E-state index contributed by atoms with van der Waals surface area (Å²) in [5.74, 6) is 1.45. The Morgan fingerprint density at radius 2 is 1.84 bits per heavy atom. The zero-order valence-corrected chi connectivity index (χ0v) is 12.9. The van der Waals surface area contributed by atoms with Crippen molar-refractivity contribution >= 4 is 0 Å². The number of nitrogens with zero attached hydrogens (tertiary/aromatic N) is 2. The lowest BCUT2D eigenvalue weighted by molar-refractivity contribution is 0.00983. The Balaban J connectivity index is 1.72. The third-order valence-corrected chi connectivity index (χ3v) is 4.43. The largest absolute Gasteiger partial charge is 0.381 e. The molecular formula is C15H31N3O. The zero-order valence-electron chi connectivity index (χ0n) is 12.9. The normalized spacial score (nSPS) is 30.9. The summed E-state index contributed by atoms with van der Waals surface area (Å²) >= 11 is 0. The number of rotatable bonds is 5. The molecule has 2 heterocycles.